The average molecular weight is 530 g/mol. The molecule has 0 aromatic heterocycles. The minimum absolute atomic E-state index is 0.0643. The summed E-state index contributed by atoms with van der Waals surface area (Å²) in [5, 5.41) is 5.48. The van der Waals surface area contributed by atoms with Crippen molar-refractivity contribution >= 4 is 49.1 Å². The van der Waals surface area contributed by atoms with E-state index in [9.17, 15) is 18.0 Å². The van der Waals surface area contributed by atoms with Gasteiger partial charge in [-0.05, 0) is 56.3 Å². The Labute approximate surface area is 202 Å². The third kappa shape index (κ3) is 6.21. The van der Waals surface area contributed by atoms with Crippen LogP contribution in [0.25, 0.3) is 0 Å². The Morgan fingerprint density at radius 3 is 2.27 bits per heavy atom. The van der Waals surface area contributed by atoms with Crippen molar-refractivity contribution in [3.8, 4) is 0 Å². The van der Waals surface area contributed by atoms with Gasteiger partial charge in [0.25, 0.3) is 15.9 Å². The molecule has 3 rings (SSSR count). The molecule has 33 heavy (non-hydrogen) atoms. The molecule has 2 amide bonds. The number of carbonyl (C=O) groups excluding carboxylic acids is 2. The summed E-state index contributed by atoms with van der Waals surface area (Å²) in [6.07, 6.45) is 0. The molecule has 0 aliphatic heterocycles. The molecule has 0 unspecified atom stereocenters. The fourth-order valence-corrected chi connectivity index (χ4v) is 4.94. The molecule has 7 nitrogen and oxygen atoms in total. The van der Waals surface area contributed by atoms with E-state index in [1.807, 2.05) is 13.8 Å². The second-order valence-corrected chi connectivity index (χ2v) is 10.3. The van der Waals surface area contributed by atoms with E-state index >= 15 is 0 Å². The first-order chi connectivity index (χ1) is 15.7. The van der Waals surface area contributed by atoms with Gasteiger partial charge in [0.05, 0.1) is 21.8 Å². The molecule has 3 aromatic carbocycles. The van der Waals surface area contributed by atoms with Gasteiger partial charge in [-0.1, -0.05) is 52.3 Å². The third-order valence-corrected chi connectivity index (χ3v) is 6.86. The molecule has 0 heterocycles. The molecule has 0 saturated carbocycles. The normalized spacial score (nSPS) is 11.2. The predicted octanol–water partition coefficient (Wildman–Crippen LogP) is 4.42. The minimum atomic E-state index is -4.03. The molecule has 0 atom stereocenters. The Kier molecular flexibility index (Phi) is 7.88. The monoisotopic (exact) mass is 529 g/mol. The topological polar surface area (TPSA) is 95.6 Å². The van der Waals surface area contributed by atoms with Gasteiger partial charge < -0.3 is 10.6 Å². The van der Waals surface area contributed by atoms with Crippen LogP contribution in [-0.4, -0.2) is 32.8 Å². The van der Waals surface area contributed by atoms with Crippen LogP contribution in [0.4, 0.5) is 11.4 Å². The maximum Gasteiger partial charge on any atom is 0.264 e. The van der Waals surface area contributed by atoms with Gasteiger partial charge in [-0.15, -0.1) is 0 Å². The largest absolute Gasteiger partial charge is 0.350 e. The number of anilines is 2. The highest BCUT2D eigenvalue weighted by atomic mass is 79.9. The molecule has 9 heteroatoms. The van der Waals surface area contributed by atoms with Crippen LogP contribution in [0, 0.1) is 0 Å². The van der Waals surface area contributed by atoms with Gasteiger partial charge in [0, 0.05) is 10.5 Å². The lowest BCUT2D eigenvalue weighted by molar-refractivity contribution is -0.114. The highest BCUT2D eigenvalue weighted by molar-refractivity contribution is 9.10. The Hall–Kier alpha value is -3.17. The zero-order valence-corrected chi connectivity index (χ0v) is 20.6. The number of benzene rings is 3. The number of sulfonamides is 1. The molecule has 3 aromatic rings. The van der Waals surface area contributed by atoms with Gasteiger partial charge >= 0.3 is 0 Å². The van der Waals surface area contributed by atoms with E-state index in [0.29, 0.717) is 21.4 Å². The molecule has 0 saturated heterocycles. The summed E-state index contributed by atoms with van der Waals surface area (Å²) in [6, 6.07) is 21.1. The van der Waals surface area contributed by atoms with E-state index in [1.165, 1.54) is 12.1 Å². The van der Waals surface area contributed by atoms with Crippen LogP contribution < -0.4 is 14.9 Å². The Bertz CT molecular complexity index is 1250. The van der Waals surface area contributed by atoms with E-state index in [-0.39, 0.29) is 16.8 Å². The Morgan fingerprint density at radius 2 is 1.61 bits per heavy atom. The van der Waals surface area contributed by atoms with Crippen molar-refractivity contribution < 1.29 is 18.0 Å². The van der Waals surface area contributed by atoms with Gasteiger partial charge in [-0.2, -0.15) is 0 Å². The van der Waals surface area contributed by atoms with Crippen LogP contribution in [0.3, 0.4) is 0 Å². The summed E-state index contributed by atoms with van der Waals surface area (Å²) < 4.78 is 28.5. The van der Waals surface area contributed by atoms with Crippen LogP contribution in [0.2, 0.25) is 0 Å². The number of nitrogens with one attached hydrogen (secondary N) is 2. The zero-order valence-electron chi connectivity index (χ0n) is 18.2. The van der Waals surface area contributed by atoms with Crippen molar-refractivity contribution in [2.45, 2.75) is 24.8 Å². The van der Waals surface area contributed by atoms with Crippen LogP contribution >= 0.6 is 15.9 Å². The van der Waals surface area contributed by atoms with Gasteiger partial charge in [0.1, 0.15) is 6.54 Å². The molecule has 0 bridgehead atoms. The number of halogens is 1. The molecule has 0 spiro atoms. The van der Waals surface area contributed by atoms with Gasteiger partial charge in [-0.25, -0.2) is 8.42 Å². The highest BCUT2D eigenvalue weighted by Crippen LogP contribution is 2.26. The van der Waals surface area contributed by atoms with Gasteiger partial charge in [0.15, 0.2) is 0 Å². The fraction of sp³-hybridized carbons (Fsp3) is 0.167. The number of nitrogens with zero attached hydrogens (tertiary/aromatic N) is 1. The summed E-state index contributed by atoms with van der Waals surface area (Å²) in [5.41, 5.74) is 0.917. The molecule has 0 aliphatic rings. The van der Waals surface area contributed by atoms with Crippen molar-refractivity contribution in [1.82, 2.24) is 5.32 Å². The third-order valence-electron chi connectivity index (χ3n) is 4.58. The van der Waals surface area contributed by atoms with Crippen LogP contribution in [0.1, 0.15) is 24.2 Å². The summed E-state index contributed by atoms with van der Waals surface area (Å²) >= 11 is 3.35. The molecule has 0 radical (unpaired) electrons. The van der Waals surface area contributed by atoms with Crippen LogP contribution in [-0.2, 0) is 14.8 Å². The van der Waals surface area contributed by atoms with E-state index in [4.69, 9.17) is 0 Å². The number of amides is 2. The van der Waals surface area contributed by atoms with E-state index in [0.717, 1.165) is 4.31 Å². The number of hydrogen-bond donors (Lipinski definition) is 2. The van der Waals surface area contributed by atoms with Crippen molar-refractivity contribution in [3.63, 3.8) is 0 Å². The molecule has 172 valence electrons. The number of para-hydroxylation sites is 1. The van der Waals surface area contributed by atoms with Crippen molar-refractivity contribution in [3.05, 3.63) is 88.9 Å². The van der Waals surface area contributed by atoms with Crippen LogP contribution in [0.15, 0.2) is 88.2 Å². The fourth-order valence-electron chi connectivity index (χ4n) is 3.12. The quantitative estimate of drug-likeness (QED) is 0.451. The van der Waals surface area contributed by atoms with Crippen molar-refractivity contribution in [1.29, 1.82) is 0 Å². The summed E-state index contributed by atoms with van der Waals surface area (Å²) in [5.74, 6) is -0.916. The molecule has 2 N–H and O–H groups in total. The second-order valence-electron chi connectivity index (χ2n) is 7.53. The van der Waals surface area contributed by atoms with Crippen molar-refractivity contribution in [2.24, 2.45) is 0 Å². The molecule has 0 aliphatic carbocycles. The van der Waals surface area contributed by atoms with Crippen molar-refractivity contribution in [2.75, 3.05) is 16.2 Å². The smallest absolute Gasteiger partial charge is 0.264 e. The first-order valence-corrected chi connectivity index (χ1v) is 12.4. The predicted molar refractivity (Wildman–Crippen MR) is 133 cm³/mol. The maximum absolute atomic E-state index is 13.4. The number of hydrogen-bond acceptors (Lipinski definition) is 4. The van der Waals surface area contributed by atoms with E-state index in [1.54, 1.807) is 66.7 Å². The summed E-state index contributed by atoms with van der Waals surface area (Å²) in [4.78, 5) is 25.6. The van der Waals surface area contributed by atoms with E-state index < -0.39 is 22.5 Å². The second kappa shape index (κ2) is 10.6. The zero-order chi connectivity index (χ0) is 24.0. The van der Waals surface area contributed by atoms with E-state index in [2.05, 4.69) is 26.6 Å². The lowest BCUT2D eigenvalue weighted by Gasteiger charge is -2.24. The van der Waals surface area contributed by atoms with Gasteiger partial charge in [0.2, 0.25) is 5.91 Å². The first kappa shape index (κ1) is 24.5. The van der Waals surface area contributed by atoms with Gasteiger partial charge in [-0.3, -0.25) is 13.9 Å². The Morgan fingerprint density at radius 1 is 0.939 bits per heavy atom. The van der Waals surface area contributed by atoms with Crippen LogP contribution in [0.5, 0.6) is 0 Å². The Balaban J connectivity index is 1.92. The molecular weight excluding hydrogens is 506 g/mol. The maximum atomic E-state index is 13.4. The standard InChI is InChI=1S/C24H24BrN3O4S/c1-17(2)26-24(30)21-13-6-7-14-22(21)27-23(29)16-28(19-10-8-9-18(25)15-19)33(31,32)20-11-4-3-5-12-20/h3-15,17H,16H2,1-2H3,(H,26,30)(H,27,29). The summed E-state index contributed by atoms with van der Waals surface area (Å²) in [6.45, 7) is 3.20. The number of rotatable bonds is 8. The number of carbonyl (C=O) groups is 2. The molecular formula is C24H24BrN3O4S. The summed E-state index contributed by atoms with van der Waals surface area (Å²) in [7, 11) is -4.03. The SMILES string of the molecule is CC(C)NC(=O)c1ccccc1NC(=O)CN(c1cccc(Br)c1)S(=O)(=O)c1ccccc1. The first-order valence-electron chi connectivity index (χ1n) is 10.2. The average Bonchev–Trinajstić information content (AvgIpc) is 2.78. The lowest BCUT2D eigenvalue weighted by atomic mass is 10.1. The highest BCUT2D eigenvalue weighted by Gasteiger charge is 2.27. The minimum Gasteiger partial charge on any atom is -0.350 e. The molecule has 0 fully saturated rings. The lowest BCUT2D eigenvalue weighted by Crippen LogP contribution is -2.38.